The van der Waals surface area contributed by atoms with Gasteiger partial charge < -0.3 is 10.6 Å². The minimum absolute atomic E-state index is 0.00267. The lowest BCUT2D eigenvalue weighted by atomic mass is 9.97. The fourth-order valence-electron chi connectivity index (χ4n) is 5.03. The molecule has 6 rings (SSSR count). The number of rotatable bonds is 10. The zero-order chi connectivity index (χ0) is 34.5. The lowest BCUT2D eigenvalue weighted by Gasteiger charge is -2.24. The van der Waals surface area contributed by atoms with Gasteiger partial charge in [0.1, 0.15) is 0 Å². The third kappa shape index (κ3) is 7.39. The van der Waals surface area contributed by atoms with Crippen molar-refractivity contribution < 1.29 is 14.8 Å². The van der Waals surface area contributed by atoms with Crippen LogP contribution in [0.15, 0.2) is 108 Å². The van der Waals surface area contributed by atoms with Crippen molar-refractivity contribution in [2.45, 2.75) is 12.5 Å². The van der Waals surface area contributed by atoms with E-state index in [1.165, 1.54) is 47.5 Å². The van der Waals surface area contributed by atoms with Crippen LogP contribution in [-0.4, -0.2) is 45.6 Å². The molecule has 0 amide bonds. The first-order valence-corrected chi connectivity index (χ1v) is 14.8. The zero-order valence-electron chi connectivity index (χ0n) is 25.0. The maximum Gasteiger partial charge on any atom is 0.274 e. The maximum atomic E-state index is 12.0. The van der Waals surface area contributed by atoms with Crippen LogP contribution in [0.5, 0.6) is 0 Å². The van der Waals surface area contributed by atoms with Gasteiger partial charge in [0.2, 0.25) is 17.8 Å². The highest BCUT2D eigenvalue weighted by atomic mass is 32.1. The summed E-state index contributed by atoms with van der Waals surface area (Å²) in [5.41, 5.74) is 1.99. The van der Waals surface area contributed by atoms with E-state index in [0.29, 0.717) is 29.1 Å². The number of aromatic nitrogens is 3. The minimum atomic E-state index is -0.663. The summed E-state index contributed by atoms with van der Waals surface area (Å²) in [5.74, 6) is -0.205. The maximum absolute atomic E-state index is 12.0. The van der Waals surface area contributed by atoms with Crippen molar-refractivity contribution in [1.82, 2.24) is 20.0 Å². The highest BCUT2D eigenvalue weighted by Crippen LogP contribution is 2.37. The zero-order valence-corrected chi connectivity index (χ0v) is 25.9. The van der Waals surface area contributed by atoms with E-state index in [4.69, 9.17) is 17.3 Å². The molecule has 5 aromatic rings. The van der Waals surface area contributed by atoms with E-state index in [0.717, 1.165) is 5.56 Å². The number of nitro groups is 3. The van der Waals surface area contributed by atoms with E-state index in [2.05, 4.69) is 30.9 Å². The molecule has 0 saturated carbocycles. The molecule has 0 saturated heterocycles. The Morgan fingerprint density at radius 3 is 1.82 bits per heavy atom. The molecule has 49 heavy (non-hydrogen) atoms. The summed E-state index contributed by atoms with van der Waals surface area (Å²) in [6, 6.07) is 26.3. The minimum Gasteiger partial charge on any atom is -0.324 e. The summed E-state index contributed by atoms with van der Waals surface area (Å²) in [4.78, 5) is 46.2. The van der Waals surface area contributed by atoms with Crippen LogP contribution in [0.2, 0.25) is 0 Å². The number of nitrogens with zero attached hydrogens (tertiary/aromatic N) is 8. The number of non-ortho nitro benzene ring substituents is 2. The number of nitrogens with one attached hydrogen (secondary N) is 3. The first kappa shape index (κ1) is 32.0. The molecule has 4 aromatic carbocycles. The number of nitro benzene ring substituents is 3. The summed E-state index contributed by atoms with van der Waals surface area (Å²) in [6.07, 6.45) is 0.299. The Labute approximate surface area is 281 Å². The molecular formula is C31H23N11O6S. The number of hydrogen-bond donors (Lipinski definition) is 3. The fraction of sp³-hybridized carbons (Fsp3) is 0.0645. The van der Waals surface area contributed by atoms with Crippen molar-refractivity contribution in [1.29, 1.82) is 0 Å². The summed E-state index contributed by atoms with van der Waals surface area (Å²) in [6.45, 7) is 0. The Morgan fingerprint density at radius 1 is 0.694 bits per heavy atom. The second-order valence-corrected chi connectivity index (χ2v) is 10.8. The number of benzene rings is 4. The van der Waals surface area contributed by atoms with E-state index in [1.54, 1.807) is 30.3 Å². The molecule has 17 nitrogen and oxygen atoms in total. The number of thiocarbonyl (C=S) groups is 1. The van der Waals surface area contributed by atoms with Crippen LogP contribution in [0, 0.1) is 30.3 Å². The van der Waals surface area contributed by atoms with Crippen LogP contribution >= 0.6 is 12.2 Å². The number of para-hydroxylation sites is 1. The van der Waals surface area contributed by atoms with Gasteiger partial charge in [0, 0.05) is 48.1 Å². The molecule has 1 aliphatic heterocycles. The number of anilines is 5. The molecule has 244 valence electrons. The van der Waals surface area contributed by atoms with Gasteiger partial charge in [-0.1, -0.05) is 54.6 Å². The van der Waals surface area contributed by atoms with Crippen LogP contribution in [-0.2, 0) is 0 Å². The smallest absolute Gasteiger partial charge is 0.274 e. The van der Waals surface area contributed by atoms with Crippen LogP contribution in [0.1, 0.15) is 23.6 Å². The average molecular weight is 678 g/mol. The molecule has 2 heterocycles. The Kier molecular flexibility index (Phi) is 9.02. The standard InChI is InChI=1S/C31H23N11O6S/c43-40(44)22-12-6-10-20(16-22)32-28-34-29(33-21-11-7-13-23(17-21)41(45)46)36-30(35-28)37-31(49)39-27(24-14-4-5-15-26(24)42(47)48)18-25(38-39)19-8-2-1-3-9-19/h1-17,27H,18H2,(H3,32,33,34,35,36,37,49). The molecule has 0 aliphatic carbocycles. The normalized spacial score (nSPS) is 13.7. The van der Waals surface area contributed by atoms with E-state index < -0.39 is 20.8 Å². The van der Waals surface area contributed by atoms with E-state index in [1.807, 2.05) is 30.3 Å². The third-order valence-electron chi connectivity index (χ3n) is 7.20. The molecular weight excluding hydrogens is 654 g/mol. The summed E-state index contributed by atoms with van der Waals surface area (Å²) in [7, 11) is 0. The van der Waals surface area contributed by atoms with Gasteiger partial charge in [0.05, 0.1) is 32.1 Å². The second-order valence-electron chi connectivity index (χ2n) is 10.4. The molecule has 1 unspecified atom stereocenters. The highest BCUT2D eigenvalue weighted by Gasteiger charge is 2.35. The van der Waals surface area contributed by atoms with Crippen LogP contribution < -0.4 is 16.0 Å². The van der Waals surface area contributed by atoms with E-state index in [-0.39, 0.29) is 40.0 Å². The van der Waals surface area contributed by atoms with Gasteiger partial charge >= 0.3 is 0 Å². The lowest BCUT2D eigenvalue weighted by molar-refractivity contribution is -0.385. The largest absolute Gasteiger partial charge is 0.324 e. The average Bonchev–Trinajstić information content (AvgIpc) is 3.55. The van der Waals surface area contributed by atoms with Gasteiger partial charge in [-0.3, -0.25) is 35.7 Å². The predicted octanol–water partition coefficient (Wildman–Crippen LogP) is 6.63. The van der Waals surface area contributed by atoms with Gasteiger partial charge in [-0.05, 0) is 36.0 Å². The van der Waals surface area contributed by atoms with Crippen LogP contribution in [0.25, 0.3) is 0 Å². The van der Waals surface area contributed by atoms with Crippen molar-refractivity contribution in [2.24, 2.45) is 5.10 Å². The van der Waals surface area contributed by atoms with E-state index >= 15 is 0 Å². The monoisotopic (exact) mass is 677 g/mol. The van der Waals surface area contributed by atoms with Crippen molar-refractivity contribution in [3.8, 4) is 0 Å². The van der Waals surface area contributed by atoms with E-state index in [9.17, 15) is 30.3 Å². The third-order valence-corrected chi connectivity index (χ3v) is 7.49. The summed E-state index contributed by atoms with van der Waals surface area (Å²) in [5, 5.41) is 49.6. The summed E-state index contributed by atoms with van der Waals surface area (Å²) < 4.78 is 0. The molecule has 1 aromatic heterocycles. The summed E-state index contributed by atoms with van der Waals surface area (Å²) >= 11 is 5.77. The molecule has 1 aliphatic rings. The van der Waals surface area contributed by atoms with Crippen molar-refractivity contribution in [3.63, 3.8) is 0 Å². The molecule has 1 atom stereocenters. The quantitative estimate of drug-likeness (QED) is 0.0802. The van der Waals surface area contributed by atoms with Crippen molar-refractivity contribution >= 4 is 69.3 Å². The van der Waals surface area contributed by atoms with Crippen LogP contribution in [0.4, 0.5) is 46.3 Å². The van der Waals surface area contributed by atoms with Gasteiger partial charge in [0.15, 0.2) is 5.11 Å². The van der Waals surface area contributed by atoms with Gasteiger partial charge in [-0.25, -0.2) is 5.01 Å². The first-order valence-electron chi connectivity index (χ1n) is 14.4. The Balaban J connectivity index is 1.36. The SMILES string of the molecule is O=[N+]([O-])c1cccc(Nc2nc(NC(=S)N3N=C(c4ccccc4)CC3c3ccccc3[N+](=O)[O-])nc(Nc3cccc([N+](=O)[O-])c3)n2)c1. The molecule has 0 fully saturated rings. The number of hydrogen-bond acceptors (Lipinski definition) is 13. The van der Waals surface area contributed by atoms with Gasteiger partial charge in [-0.2, -0.15) is 20.1 Å². The Bertz CT molecular complexity index is 2060. The van der Waals surface area contributed by atoms with Gasteiger partial charge in [0.25, 0.3) is 17.1 Å². The van der Waals surface area contributed by atoms with Crippen molar-refractivity contribution in [2.75, 3.05) is 16.0 Å². The van der Waals surface area contributed by atoms with Gasteiger partial charge in [-0.15, -0.1) is 0 Å². The molecule has 18 heteroatoms. The molecule has 0 spiro atoms. The van der Waals surface area contributed by atoms with Crippen LogP contribution in [0.3, 0.4) is 0 Å². The first-order chi connectivity index (χ1) is 23.6. The fourth-order valence-corrected chi connectivity index (χ4v) is 5.29. The predicted molar refractivity (Wildman–Crippen MR) is 184 cm³/mol. The van der Waals surface area contributed by atoms with Crippen molar-refractivity contribution in [3.05, 3.63) is 145 Å². The number of hydrazone groups is 1. The Hall–Kier alpha value is -6.95. The lowest BCUT2D eigenvalue weighted by Crippen LogP contribution is -2.32. The Morgan fingerprint density at radius 2 is 1.24 bits per heavy atom. The molecule has 0 bridgehead atoms. The highest BCUT2D eigenvalue weighted by molar-refractivity contribution is 7.80. The second kappa shape index (κ2) is 13.8. The molecule has 3 N–H and O–H groups in total. The topological polar surface area (TPSA) is 220 Å². The molecule has 0 radical (unpaired) electrons.